The summed E-state index contributed by atoms with van der Waals surface area (Å²) in [5, 5.41) is 3.97. The summed E-state index contributed by atoms with van der Waals surface area (Å²) in [6.45, 7) is 11.7. The molecule has 128 valence electrons. The molecule has 0 radical (unpaired) electrons. The van der Waals surface area contributed by atoms with E-state index in [0.29, 0.717) is 38.0 Å². The number of nitrogens with zero attached hydrogens (tertiary/aromatic N) is 4. The molecule has 23 heavy (non-hydrogen) atoms. The molecule has 1 atom stereocenters. The first-order valence-corrected chi connectivity index (χ1v) is 8.19. The van der Waals surface area contributed by atoms with Crippen LogP contribution in [0.5, 0.6) is 0 Å². The smallest absolute Gasteiger partial charge is 0.251 e. The van der Waals surface area contributed by atoms with E-state index < -0.39 is 6.10 Å². The minimum atomic E-state index is -0.397. The average molecular weight is 322 g/mol. The number of hydrogen-bond acceptors (Lipinski definition) is 6. The Kier molecular flexibility index (Phi) is 6.73. The number of hydrogen-bond donors (Lipinski definition) is 0. The molecule has 1 aliphatic rings. The van der Waals surface area contributed by atoms with Crippen LogP contribution in [0.4, 0.5) is 0 Å². The quantitative estimate of drug-likeness (QED) is 0.530. The van der Waals surface area contributed by atoms with Gasteiger partial charge >= 0.3 is 0 Å². The van der Waals surface area contributed by atoms with E-state index >= 15 is 0 Å². The highest BCUT2D eigenvalue weighted by Gasteiger charge is 2.25. The van der Waals surface area contributed by atoms with Gasteiger partial charge in [-0.15, -0.1) is 6.58 Å². The SMILES string of the molecule is C=CCCOC(C)C(=O)N1CCN(Cc2noc(CC)n2)CC1. The van der Waals surface area contributed by atoms with Gasteiger partial charge in [-0.3, -0.25) is 9.69 Å². The van der Waals surface area contributed by atoms with E-state index in [9.17, 15) is 4.79 Å². The molecule has 1 fully saturated rings. The van der Waals surface area contributed by atoms with Crippen LogP contribution in [0.1, 0.15) is 32.0 Å². The molecule has 0 saturated carbocycles. The summed E-state index contributed by atoms with van der Waals surface area (Å²) in [7, 11) is 0. The van der Waals surface area contributed by atoms with Crippen LogP contribution in [0.3, 0.4) is 0 Å². The summed E-state index contributed by atoms with van der Waals surface area (Å²) >= 11 is 0. The largest absolute Gasteiger partial charge is 0.368 e. The van der Waals surface area contributed by atoms with Crippen molar-refractivity contribution in [2.45, 2.75) is 39.3 Å². The fraction of sp³-hybridized carbons (Fsp3) is 0.688. The molecule has 2 heterocycles. The van der Waals surface area contributed by atoms with Crippen molar-refractivity contribution in [3.8, 4) is 0 Å². The summed E-state index contributed by atoms with van der Waals surface area (Å²) in [4.78, 5) is 20.7. The Bertz CT molecular complexity index is 509. The van der Waals surface area contributed by atoms with Crippen molar-refractivity contribution in [1.82, 2.24) is 19.9 Å². The van der Waals surface area contributed by atoms with E-state index in [1.165, 1.54) is 0 Å². The van der Waals surface area contributed by atoms with E-state index in [1.807, 2.05) is 18.7 Å². The Morgan fingerprint density at radius 3 is 2.78 bits per heavy atom. The second kappa shape index (κ2) is 8.79. The van der Waals surface area contributed by atoms with Gasteiger partial charge in [0.15, 0.2) is 5.82 Å². The summed E-state index contributed by atoms with van der Waals surface area (Å²) in [5.74, 6) is 1.43. The maximum Gasteiger partial charge on any atom is 0.251 e. The highest BCUT2D eigenvalue weighted by atomic mass is 16.5. The monoisotopic (exact) mass is 322 g/mol. The van der Waals surface area contributed by atoms with Crippen LogP contribution in [0.15, 0.2) is 17.2 Å². The molecule has 1 unspecified atom stereocenters. The van der Waals surface area contributed by atoms with Crippen LogP contribution < -0.4 is 0 Å². The zero-order chi connectivity index (χ0) is 16.7. The molecule has 0 aromatic carbocycles. The van der Waals surface area contributed by atoms with Crippen molar-refractivity contribution >= 4 is 5.91 Å². The van der Waals surface area contributed by atoms with E-state index in [0.717, 1.165) is 25.9 Å². The number of aromatic nitrogens is 2. The highest BCUT2D eigenvalue weighted by Crippen LogP contribution is 2.09. The van der Waals surface area contributed by atoms with Crippen LogP contribution in [0.25, 0.3) is 0 Å². The Morgan fingerprint density at radius 1 is 1.43 bits per heavy atom. The molecule has 7 heteroatoms. The number of carbonyl (C=O) groups excluding carboxylic acids is 1. The van der Waals surface area contributed by atoms with Crippen LogP contribution in [-0.4, -0.2) is 64.7 Å². The first kappa shape index (κ1) is 17.6. The van der Waals surface area contributed by atoms with Gasteiger partial charge in [0.05, 0.1) is 13.2 Å². The molecule has 7 nitrogen and oxygen atoms in total. The van der Waals surface area contributed by atoms with E-state index in [1.54, 1.807) is 6.08 Å². The maximum atomic E-state index is 12.3. The van der Waals surface area contributed by atoms with Crippen LogP contribution in [-0.2, 0) is 22.5 Å². The summed E-state index contributed by atoms with van der Waals surface area (Å²) in [5.41, 5.74) is 0. The molecule has 2 rings (SSSR count). The van der Waals surface area contributed by atoms with Crippen molar-refractivity contribution < 1.29 is 14.1 Å². The minimum Gasteiger partial charge on any atom is -0.368 e. The molecule has 0 spiro atoms. The van der Waals surface area contributed by atoms with Crippen LogP contribution in [0.2, 0.25) is 0 Å². The third-order valence-electron chi connectivity index (χ3n) is 3.90. The van der Waals surface area contributed by atoms with E-state index in [2.05, 4.69) is 21.6 Å². The second-order valence-electron chi connectivity index (χ2n) is 5.65. The van der Waals surface area contributed by atoms with Gasteiger partial charge in [0.25, 0.3) is 5.91 Å². The van der Waals surface area contributed by atoms with Crippen LogP contribution in [0, 0.1) is 0 Å². The van der Waals surface area contributed by atoms with Crippen molar-refractivity contribution in [3.05, 3.63) is 24.4 Å². The van der Waals surface area contributed by atoms with Gasteiger partial charge in [0.1, 0.15) is 6.10 Å². The second-order valence-corrected chi connectivity index (χ2v) is 5.65. The van der Waals surface area contributed by atoms with Crippen LogP contribution >= 0.6 is 0 Å². The lowest BCUT2D eigenvalue weighted by Gasteiger charge is -2.35. The minimum absolute atomic E-state index is 0.0570. The highest BCUT2D eigenvalue weighted by molar-refractivity contribution is 5.80. The zero-order valence-electron chi connectivity index (χ0n) is 14.0. The van der Waals surface area contributed by atoms with Gasteiger partial charge in [0, 0.05) is 32.6 Å². The Hall–Kier alpha value is -1.73. The Labute approximate surface area is 137 Å². The fourth-order valence-corrected chi connectivity index (χ4v) is 2.48. The third kappa shape index (κ3) is 5.14. The molecule has 0 N–H and O–H groups in total. The zero-order valence-corrected chi connectivity index (χ0v) is 14.0. The number of rotatable bonds is 8. The number of ether oxygens (including phenoxy) is 1. The van der Waals surface area contributed by atoms with Gasteiger partial charge in [-0.2, -0.15) is 4.98 Å². The normalized spacial score (nSPS) is 17.2. The molecular formula is C16H26N4O3. The molecule has 0 bridgehead atoms. The molecule has 1 aliphatic heterocycles. The standard InChI is InChI=1S/C16H26N4O3/c1-4-6-11-22-13(3)16(21)20-9-7-19(8-10-20)12-14-17-15(5-2)23-18-14/h4,13H,1,5-12H2,2-3H3. The maximum absolute atomic E-state index is 12.3. The summed E-state index contributed by atoms with van der Waals surface area (Å²) in [6, 6.07) is 0. The van der Waals surface area contributed by atoms with Gasteiger partial charge in [-0.05, 0) is 13.3 Å². The van der Waals surface area contributed by atoms with Crippen molar-refractivity contribution in [3.63, 3.8) is 0 Å². The van der Waals surface area contributed by atoms with Crippen molar-refractivity contribution in [2.75, 3.05) is 32.8 Å². The number of amides is 1. The average Bonchev–Trinajstić information content (AvgIpc) is 3.02. The van der Waals surface area contributed by atoms with Gasteiger partial charge in [-0.1, -0.05) is 18.2 Å². The Morgan fingerprint density at radius 2 is 2.17 bits per heavy atom. The lowest BCUT2D eigenvalue weighted by Crippen LogP contribution is -2.51. The molecule has 1 saturated heterocycles. The van der Waals surface area contributed by atoms with Gasteiger partial charge in [0.2, 0.25) is 5.89 Å². The fourth-order valence-electron chi connectivity index (χ4n) is 2.48. The molecule has 0 aliphatic carbocycles. The van der Waals surface area contributed by atoms with E-state index in [-0.39, 0.29) is 5.91 Å². The first-order chi connectivity index (χ1) is 11.1. The molecule has 1 aromatic heterocycles. The number of aryl methyl sites for hydroxylation is 1. The molecule has 1 amide bonds. The van der Waals surface area contributed by atoms with Crippen molar-refractivity contribution in [1.29, 1.82) is 0 Å². The summed E-state index contributed by atoms with van der Waals surface area (Å²) in [6.07, 6.45) is 2.90. The first-order valence-electron chi connectivity index (χ1n) is 8.19. The predicted molar refractivity (Wildman–Crippen MR) is 85.8 cm³/mol. The number of carbonyl (C=O) groups is 1. The van der Waals surface area contributed by atoms with Crippen molar-refractivity contribution in [2.24, 2.45) is 0 Å². The Balaban J connectivity index is 1.74. The topological polar surface area (TPSA) is 71.7 Å². The predicted octanol–water partition coefficient (Wildman–Crippen LogP) is 1.26. The van der Waals surface area contributed by atoms with E-state index in [4.69, 9.17) is 9.26 Å². The lowest BCUT2D eigenvalue weighted by molar-refractivity contribution is -0.144. The molecular weight excluding hydrogens is 296 g/mol. The molecule has 1 aromatic rings. The lowest BCUT2D eigenvalue weighted by atomic mass is 10.2. The van der Waals surface area contributed by atoms with Gasteiger partial charge in [-0.25, -0.2) is 0 Å². The number of piperazine rings is 1. The summed E-state index contributed by atoms with van der Waals surface area (Å²) < 4.78 is 10.6. The third-order valence-corrected chi connectivity index (χ3v) is 3.90. The van der Waals surface area contributed by atoms with Gasteiger partial charge < -0.3 is 14.2 Å².